The van der Waals surface area contributed by atoms with Crippen LogP contribution < -0.4 is 0 Å². The fourth-order valence-corrected chi connectivity index (χ4v) is 1.64. The number of unbranched alkanes of at least 4 members (excludes halogenated alkanes) is 3. The molecule has 1 aliphatic rings. The van der Waals surface area contributed by atoms with Gasteiger partial charge in [-0.05, 0) is 12.8 Å². The summed E-state index contributed by atoms with van der Waals surface area (Å²) < 4.78 is 10.6. The van der Waals surface area contributed by atoms with Crippen molar-refractivity contribution in [3.8, 4) is 0 Å². The molecule has 0 bridgehead atoms. The molecule has 84 valence electrons. The Morgan fingerprint density at radius 1 is 1.21 bits per heavy atom. The topological polar surface area (TPSA) is 38.7 Å². The Hall–Kier alpha value is -0.120. The minimum Gasteiger partial charge on any atom is -0.388 e. The zero-order valence-corrected chi connectivity index (χ0v) is 9.08. The number of rotatable bonds is 6. The first-order valence-corrected chi connectivity index (χ1v) is 5.76. The molecule has 0 spiro atoms. The molecule has 14 heavy (non-hydrogen) atoms. The maximum atomic E-state index is 9.72. The van der Waals surface area contributed by atoms with E-state index in [0.717, 1.165) is 32.5 Å². The molecule has 0 amide bonds. The Kier molecular flexibility index (Phi) is 6.15. The summed E-state index contributed by atoms with van der Waals surface area (Å²) in [6.07, 6.45) is 5.67. The van der Waals surface area contributed by atoms with E-state index in [-0.39, 0.29) is 6.29 Å². The highest BCUT2D eigenvalue weighted by Gasteiger charge is 2.22. The maximum Gasteiger partial charge on any atom is 0.183 e. The van der Waals surface area contributed by atoms with Gasteiger partial charge in [-0.15, -0.1) is 0 Å². The first-order valence-electron chi connectivity index (χ1n) is 5.76. The quantitative estimate of drug-likeness (QED) is 0.670. The lowest BCUT2D eigenvalue weighted by Crippen LogP contribution is -2.35. The molecule has 1 saturated heterocycles. The molecule has 0 radical (unpaired) electrons. The first-order chi connectivity index (χ1) is 6.84. The summed E-state index contributed by atoms with van der Waals surface area (Å²) >= 11 is 0. The molecule has 0 aromatic rings. The van der Waals surface area contributed by atoms with Gasteiger partial charge in [-0.25, -0.2) is 0 Å². The van der Waals surface area contributed by atoms with Crippen molar-refractivity contribution in [2.45, 2.75) is 57.8 Å². The van der Waals surface area contributed by atoms with E-state index in [9.17, 15) is 5.11 Å². The standard InChI is InChI=1S/C11H22O3/c1-2-3-4-5-7-10(12)11-13-8-6-9-14-11/h10-12H,2-9H2,1H3/t10-/m0/s1. The highest BCUT2D eigenvalue weighted by Crippen LogP contribution is 2.14. The van der Waals surface area contributed by atoms with Crippen molar-refractivity contribution in [1.29, 1.82) is 0 Å². The van der Waals surface area contributed by atoms with Crippen LogP contribution in [0.4, 0.5) is 0 Å². The lowest BCUT2D eigenvalue weighted by atomic mass is 10.1. The molecule has 1 fully saturated rings. The second-order valence-electron chi connectivity index (χ2n) is 3.88. The van der Waals surface area contributed by atoms with Gasteiger partial charge in [0.25, 0.3) is 0 Å². The van der Waals surface area contributed by atoms with Crippen molar-refractivity contribution in [2.24, 2.45) is 0 Å². The third-order valence-electron chi connectivity index (χ3n) is 2.52. The van der Waals surface area contributed by atoms with Crippen molar-refractivity contribution >= 4 is 0 Å². The van der Waals surface area contributed by atoms with Crippen LogP contribution in [0, 0.1) is 0 Å². The zero-order chi connectivity index (χ0) is 10.2. The Morgan fingerprint density at radius 2 is 1.93 bits per heavy atom. The third kappa shape index (κ3) is 4.40. The average molecular weight is 202 g/mol. The van der Waals surface area contributed by atoms with E-state index in [4.69, 9.17) is 9.47 Å². The molecule has 0 aromatic carbocycles. The fourth-order valence-electron chi connectivity index (χ4n) is 1.64. The van der Waals surface area contributed by atoms with E-state index in [2.05, 4.69) is 6.92 Å². The van der Waals surface area contributed by atoms with Crippen molar-refractivity contribution in [1.82, 2.24) is 0 Å². The minimum absolute atomic E-state index is 0.370. The monoisotopic (exact) mass is 202 g/mol. The third-order valence-corrected chi connectivity index (χ3v) is 2.52. The second kappa shape index (κ2) is 7.21. The van der Waals surface area contributed by atoms with Gasteiger partial charge in [-0.2, -0.15) is 0 Å². The molecule has 0 aromatic heterocycles. The van der Waals surface area contributed by atoms with E-state index in [1.807, 2.05) is 0 Å². The van der Waals surface area contributed by atoms with Gasteiger partial charge in [0.05, 0.1) is 13.2 Å². The van der Waals surface area contributed by atoms with Gasteiger partial charge in [0.1, 0.15) is 6.10 Å². The largest absolute Gasteiger partial charge is 0.388 e. The number of hydrogen-bond acceptors (Lipinski definition) is 3. The fraction of sp³-hybridized carbons (Fsp3) is 1.00. The van der Waals surface area contributed by atoms with Crippen LogP contribution in [0.5, 0.6) is 0 Å². The summed E-state index contributed by atoms with van der Waals surface area (Å²) in [6.45, 7) is 3.62. The number of aliphatic hydroxyl groups excluding tert-OH is 1. The van der Waals surface area contributed by atoms with Crippen LogP contribution >= 0.6 is 0 Å². The predicted molar refractivity (Wildman–Crippen MR) is 55.1 cm³/mol. The summed E-state index contributed by atoms with van der Waals surface area (Å²) in [5, 5.41) is 9.72. The van der Waals surface area contributed by atoms with Gasteiger partial charge in [0.15, 0.2) is 6.29 Å². The van der Waals surface area contributed by atoms with Crippen molar-refractivity contribution < 1.29 is 14.6 Å². The van der Waals surface area contributed by atoms with Crippen molar-refractivity contribution in [3.63, 3.8) is 0 Å². The van der Waals surface area contributed by atoms with Crippen LogP contribution in [0.25, 0.3) is 0 Å². The van der Waals surface area contributed by atoms with Crippen molar-refractivity contribution in [2.75, 3.05) is 13.2 Å². The van der Waals surface area contributed by atoms with Crippen LogP contribution in [0.1, 0.15) is 45.4 Å². The van der Waals surface area contributed by atoms with E-state index >= 15 is 0 Å². The van der Waals surface area contributed by atoms with Gasteiger partial charge in [0.2, 0.25) is 0 Å². The highest BCUT2D eigenvalue weighted by molar-refractivity contribution is 4.63. The molecular formula is C11H22O3. The Labute approximate surface area is 86.4 Å². The molecule has 1 atom stereocenters. The van der Waals surface area contributed by atoms with Crippen LogP contribution in [0.2, 0.25) is 0 Å². The molecule has 1 N–H and O–H groups in total. The van der Waals surface area contributed by atoms with Crippen LogP contribution in [-0.4, -0.2) is 30.7 Å². The van der Waals surface area contributed by atoms with Gasteiger partial charge < -0.3 is 14.6 Å². The summed E-state index contributed by atoms with van der Waals surface area (Å²) in [4.78, 5) is 0. The molecule has 1 aliphatic heterocycles. The lowest BCUT2D eigenvalue weighted by molar-refractivity contribution is -0.223. The summed E-state index contributed by atoms with van der Waals surface area (Å²) in [5.74, 6) is 0. The molecular weight excluding hydrogens is 180 g/mol. The van der Waals surface area contributed by atoms with Gasteiger partial charge in [0, 0.05) is 0 Å². The van der Waals surface area contributed by atoms with Crippen LogP contribution in [0.3, 0.4) is 0 Å². The van der Waals surface area contributed by atoms with Gasteiger partial charge in [-0.1, -0.05) is 32.6 Å². The Morgan fingerprint density at radius 3 is 2.57 bits per heavy atom. The Bertz CT molecular complexity index is 132. The summed E-state index contributed by atoms with van der Waals surface area (Å²) in [7, 11) is 0. The predicted octanol–water partition coefficient (Wildman–Crippen LogP) is 2.08. The van der Waals surface area contributed by atoms with Crippen LogP contribution in [-0.2, 0) is 9.47 Å². The molecule has 1 rings (SSSR count). The normalized spacial score (nSPS) is 21.0. The smallest absolute Gasteiger partial charge is 0.183 e. The second-order valence-corrected chi connectivity index (χ2v) is 3.88. The summed E-state index contributed by atoms with van der Waals surface area (Å²) in [6, 6.07) is 0. The van der Waals surface area contributed by atoms with E-state index in [1.54, 1.807) is 0 Å². The highest BCUT2D eigenvalue weighted by atomic mass is 16.7. The van der Waals surface area contributed by atoms with Crippen molar-refractivity contribution in [3.05, 3.63) is 0 Å². The molecule has 1 heterocycles. The maximum absolute atomic E-state index is 9.72. The minimum atomic E-state index is -0.438. The van der Waals surface area contributed by atoms with E-state index in [1.165, 1.54) is 19.3 Å². The SMILES string of the molecule is CCCCCC[C@H](O)C1OCCCO1. The molecule has 0 unspecified atom stereocenters. The first kappa shape index (κ1) is 12.0. The number of aliphatic hydroxyl groups is 1. The Balaban J connectivity index is 2.04. The van der Waals surface area contributed by atoms with E-state index in [0.29, 0.717) is 0 Å². The van der Waals surface area contributed by atoms with E-state index < -0.39 is 6.10 Å². The van der Waals surface area contributed by atoms with Crippen LogP contribution in [0.15, 0.2) is 0 Å². The molecule has 3 nitrogen and oxygen atoms in total. The van der Waals surface area contributed by atoms with Gasteiger partial charge in [-0.3, -0.25) is 0 Å². The van der Waals surface area contributed by atoms with Gasteiger partial charge >= 0.3 is 0 Å². The average Bonchev–Trinajstić information content (AvgIpc) is 2.25. The number of ether oxygens (including phenoxy) is 2. The zero-order valence-electron chi connectivity index (χ0n) is 9.08. The number of hydrogen-bond donors (Lipinski definition) is 1. The lowest BCUT2D eigenvalue weighted by Gasteiger charge is -2.27. The molecule has 0 aliphatic carbocycles. The molecule has 0 saturated carbocycles. The summed E-state index contributed by atoms with van der Waals surface area (Å²) in [5.41, 5.74) is 0. The molecule has 3 heteroatoms.